The third kappa shape index (κ3) is 5.22. The summed E-state index contributed by atoms with van der Waals surface area (Å²) in [5.41, 5.74) is 4.56. The van der Waals surface area contributed by atoms with Crippen molar-refractivity contribution in [3.05, 3.63) is 33.4 Å². The highest BCUT2D eigenvalue weighted by atomic mass is 16.5. The largest absolute Gasteiger partial charge is 0.469 e. The second kappa shape index (κ2) is 12.5. The molecule has 4 rings (SSSR count). The van der Waals surface area contributed by atoms with Gasteiger partial charge in [-0.15, -0.1) is 0 Å². The van der Waals surface area contributed by atoms with E-state index in [0.29, 0.717) is 0 Å². The van der Waals surface area contributed by atoms with E-state index in [-0.39, 0.29) is 38.5 Å². The Morgan fingerprint density at radius 1 is 0.333 bits per heavy atom. The third-order valence-corrected chi connectivity index (χ3v) is 9.21. The van der Waals surface area contributed by atoms with Crippen LogP contribution in [-0.2, 0) is 95.7 Å². The number of carbonyl (C=O) groups excluding carboxylic acids is 6. The fourth-order valence-corrected chi connectivity index (χ4v) is 7.14. The molecule has 6 atom stereocenters. The number of fused-ring (bicyclic) bond motifs is 6. The van der Waals surface area contributed by atoms with E-state index in [2.05, 4.69) is 0 Å². The smallest absolute Gasteiger partial charge is 0.309 e. The summed E-state index contributed by atoms with van der Waals surface area (Å²) in [6.45, 7) is 0. The molecule has 0 saturated carbocycles. The highest BCUT2D eigenvalue weighted by Crippen LogP contribution is 2.47. The maximum Gasteiger partial charge on any atom is 0.309 e. The summed E-state index contributed by atoms with van der Waals surface area (Å²) in [7, 11) is 7.48. The molecular formula is C30H36O12. The van der Waals surface area contributed by atoms with E-state index in [0.717, 1.165) is 33.4 Å². The van der Waals surface area contributed by atoms with E-state index in [1.54, 1.807) is 0 Å². The molecule has 0 N–H and O–H groups in total. The van der Waals surface area contributed by atoms with Gasteiger partial charge in [0.15, 0.2) is 0 Å². The fourth-order valence-electron chi connectivity index (χ4n) is 7.14. The quantitative estimate of drug-likeness (QED) is 0.339. The van der Waals surface area contributed by atoms with Crippen LogP contribution in [0.5, 0.6) is 0 Å². The molecule has 0 spiro atoms. The minimum Gasteiger partial charge on any atom is -0.469 e. The normalized spacial score (nSPS) is 25.9. The van der Waals surface area contributed by atoms with Crippen molar-refractivity contribution in [1.82, 2.24) is 0 Å². The van der Waals surface area contributed by atoms with Crippen LogP contribution >= 0.6 is 0 Å². The number of ether oxygens (including phenoxy) is 6. The Balaban J connectivity index is 2.00. The molecule has 0 bridgehead atoms. The maximum atomic E-state index is 12.9. The van der Waals surface area contributed by atoms with Crippen LogP contribution in [0.25, 0.3) is 0 Å². The molecule has 1 aromatic rings. The molecule has 42 heavy (non-hydrogen) atoms. The van der Waals surface area contributed by atoms with Gasteiger partial charge in [0.25, 0.3) is 0 Å². The SMILES string of the molecule is COC(=O)[C@H]1Cc2c3c(c4c(c2C[C@H]1C(=O)OC)C[C@@H](C(=O)OC)[C@H](C(=O)OC)C4)C[C@H](C(=O)OC)[C@H](C(=O)OC)C3. The molecule has 3 aliphatic rings. The number of benzene rings is 1. The van der Waals surface area contributed by atoms with Gasteiger partial charge in [0.05, 0.1) is 78.2 Å². The summed E-state index contributed by atoms with van der Waals surface area (Å²) in [6.07, 6.45) is 0.735. The summed E-state index contributed by atoms with van der Waals surface area (Å²) in [6, 6.07) is 0. The van der Waals surface area contributed by atoms with Crippen LogP contribution in [0.4, 0.5) is 0 Å². The van der Waals surface area contributed by atoms with Crippen molar-refractivity contribution in [3.63, 3.8) is 0 Å². The zero-order valence-corrected chi connectivity index (χ0v) is 24.6. The van der Waals surface area contributed by atoms with E-state index >= 15 is 0 Å². The number of hydrogen-bond donors (Lipinski definition) is 0. The van der Waals surface area contributed by atoms with Crippen LogP contribution in [0.3, 0.4) is 0 Å². The Morgan fingerprint density at radius 3 is 0.548 bits per heavy atom. The topological polar surface area (TPSA) is 158 Å². The van der Waals surface area contributed by atoms with Crippen LogP contribution < -0.4 is 0 Å². The molecule has 0 radical (unpaired) electrons. The Labute approximate surface area is 243 Å². The van der Waals surface area contributed by atoms with Crippen LogP contribution in [0.1, 0.15) is 33.4 Å². The molecule has 12 nitrogen and oxygen atoms in total. The average Bonchev–Trinajstić information content (AvgIpc) is 3.04. The van der Waals surface area contributed by atoms with Gasteiger partial charge in [-0.1, -0.05) is 0 Å². The maximum absolute atomic E-state index is 12.9. The molecule has 3 aliphatic carbocycles. The van der Waals surface area contributed by atoms with Crippen LogP contribution in [-0.4, -0.2) is 78.5 Å². The molecule has 0 saturated heterocycles. The first-order valence-electron chi connectivity index (χ1n) is 13.7. The summed E-state index contributed by atoms with van der Waals surface area (Å²) >= 11 is 0. The van der Waals surface area contributed by atoms with E-state index < -0.39 is 71.3 Å². The number of carbonyl (C=O) groups is 6. The minimum absolute atomic E-state index is 0.123. The molecule has 0 aliphatic heterocycles. The molecule has 0 unspecified atom stereocenters. The van der Waals surface area contributed by atoms with Crippen LogP contribution in [0.15, 0.2) is 0 Å². The highest BCUT2D eigenvalue weighted by molar-refractivity contribution is 5.87. The molecule has 0 heterocycles. The van der Waals surface area contributed by atoms with Gasteiger partial charge in [-0.25, -0.2) is 0 Å². The van der Waals surface area contributed by atoms with Crippen molar-refractivity contribution in [2.24, 2.45) is 35.5 Å². The number of esters is 6. The number of rotatable bonds is 6. The van der Waals surface area contributed by atoms with Gasteiger partial charge in [-0.3, -0.25) is 28.8 Å². The lowest BCUT2D eigenvalue weighted by atomic mass is 9.62. The third-order valence-electron chi connectivity index (χ3n) is 9.21. The Hall–Kier alpha value is -3.96. The van der Waals surface area contributed by atoms with E-state index in [1.807, 2.05) is 0 Å². The van der Waals surface area contributed by atoms with Gasteiger partial charge in [-0.2, -0.15) is 0 Å². The first-order chi connectivity index (χ1) is 20.1. The molecule has 0 amide bonds. The Kier molecular flexibility index (Phi) is 9.22. The first kappa shape index (κ1) is 31.0. The van der Waals surface area contributed by atoms with Gasteiger partial charge in [0.1, 0.15) is 0 Å². The van der Waals surface area contributed by atoms with Gasteiger partial charge < -0.3 is 28.4 Å². The van der Waals surface area contributed by atoms with Crippen LogP contribution in [0.2, 0.25) is 0 Å². The average molecular weight is 589 g/mol. The van der Waals surface area contributed by atoms with Crippen molar-refractivity contribution >= 4 is 35.8 Å². The predicted molar refractivity (Wildman–Crippen MR) is 142 cm³/mol. The van der Waals surface area contributed by atoms with Crippen molar-refractivity contribution in [3.8, 4) is 0 Å². The molecule has 12 heteroatoms. The van der Waals surface area contributed by atoms with E-state index in [9.17, 15) is 28.8 Å². The summed E-state index contributed by atoms with van der Waals surface area (Å²) in [5.74, 6) is -8.57. The van der Waals surface area contributed by atoms with E-state index in [4.69, 9.17) is 28.4 Å². The lowest BCUT2D eigenvalue weighted by Crippen LogP contribution is -2.44. The van der Waals surface area contributed by atoms with Crippen molar-refractivity contribution in [2.75, 3.05) is 42.7 Å². The Bertz CT molecular complexity index is 1040. The van der Waals surface area contributed by atoms with Gasteiger partial charge >= 0.3 is 35.8 Å². The van der Waals surface area contributed by atoms with Gasteiger partial charge in [0, 0.05) is 0 Å². The second-order valence-electron chi connectivity index (χ2n) is 10.9. The number of methoxy groups -OCH3 is 6. The molecule has 0 fully saturated rings. The number of hydrogen-bond acceptors (Lipinski definition) is 12. The van der Waals surface area contributed by atoms with Crippen molar-refractivity contribution in [1.29, 1.82) is 0 Å². The Morgan fingerprint density at radius 2 is 0.452 bits per heavy atom. The lowest BCUT2D eigenvalue weighted by molar-refractivity contribution is -0.158. The second-order valence-corrected chi connectivity index (χ2v) is 10.9. The van der Waals surface area contributed by atoms with E-state index in [1.165, 1.54) is 42.7 Å². The standard InChI is InChI=1S/C30H36O12/c1-37-25(31)19-7-13-14(8-20(19)26(32)38-2)16-10-22(28(34)40-4)24(30(36)42-6)12-18(16)17-11-23(29(35)41-5)21(9-15(13)17)27(33)39-3/h19-24H,7-12H2,1-6H3/t19-,20-,21-,22+,23+,24-/m1/s1. The zero-order chi connectivity index (χ0) is 30.9. The zero-order valence-electron chi connectivity index (χ0n) is 24.6. The minimum atomic E-state index is -0.852. The lowest BCUT2D eigenvalue weighted by Gasteiger charge is -2.41. The predicted octanol–water partition coefficient (Wildman–Crippen LogP) is 0.718. The first-order valence-corrected chi connectivity index (χ1v) is 13.7. The van der Waals surface area contributed by atoms with Gasteiger partial charge in [-0.05, 0) is 71.9 Å². The summed E-state index contributed by atoms with van der Waals surface area (Å²) in [5, 5.41) is 0. The molecule has 0 aromatic heterocycles. The monoisotopic (exact) mass is 588 g/mol. The van der Waals surface area contributed by atoms with Gasteiger partial charge in [0.2, 0.25) is 0 Å². The van der Waals surface area contributed by atoms with Crippen LogP contribution in [0, 0.1) is 35.5 Å². The fraction of sp³-hybridized carbons (Fsp3) is 0.600. The summed E-state index contributed by atoms with van der Waals surface area (Å²) in [4.78, 5) is 77.5. The van der Waals surface area contributed by atoms with Crippen molar-refractivity contribution < 1.29 is 57.2 Å². The highest BCUT2D eigenvalue weighted by Gasteiger charge is 2.49. The molecule has 228 valence electrons. The summed E-state index contributed by atoms with van der Waals surface area (Å²) < 4.78 is 30.3. The molecular weight excluding hydrogens is 552 g/mol. The van der Waals surface area contributed by atoms with Crippen molar-refractivity contribution in [2.45, 2.75) is 38.5 Å². The molecule has 1 aromatic carbocycles.